The molecule has 1 N–H and O–H groups in total. The van der Waals surface area contributed by atoms with Gasteiger partial charge in [-0.2, -0.15) is 31.4 Å². The average Bonchev–Trinajstić information content (AvgIpc) is 3.23. The van der Waals surface area contributed by atoms with E-state index in [0.29, 0.717) is 12.3 Å². The molecule has 0 spiro atoms. The van der Waals surface area contributed by atoms with E-state index in [2.05, 4.69) is 10.4 Å². The molecule has 0 aliphatic carbocycles. The fraction of sp³-hybridized carbons (Fsp3) is 0.412. The van der Waals surface area contributed by atoms with E-state index in [4.69, 9.17) is 4.74 Å². The molecule has 2 heterocycles. The molecule has 1 saturated heterocycles. The average molecular weight is 407 g/mol. The number of hydrogen-bond acceptors (Lipinski definition) is 3. The van der Waals surface area contributed by atoms with Crippen LogP contribution in [0.2, 0.25) is 0 Å². The Morgan fingerprint density at radius 2 is 1.82 bits per heavy atom. The lowest BCUT2D eigenvalue weighted by Gasteiger charge is -2.12. The molecule has 5 nitrogen and oxygen atoms in total. The summed E-state index contributed by atoms with van der Waals surface area (Å²) in [5.41, 5.74) is -3.12. The van der Waals surface area contributed by atoms with E-state index in [9.17, 15) is 31.1 Å². The van der Waals surface area contributed by atoms with Crippen molar-refractivity contribution in [2.45, 2.75) is 37.7 Å². The SMILES string of the molecule is O=C(CC1CCCO1)Nc1ccc(-n2nc(C(F)(F)F)cc2C(F)(F)F)cc1. The summed E-state index contributed by atoms with van der Waals surface area (Å²) in [6.45, 7) is 0.595. The van der Waals surface area contributed by atoms with Gasteiger partial charge in [-0.1, -0.05) is 0 Å². The van der Waals surface area contributed by atoms with Gasteiger partial charge in [0.2, 0.25) is 5.91 Å². The number of hydrogen-bond donors (Lipinski definition) is 1. The minimum Gasteiger partial charge on any atom is -0.378 e. The minimum absolute atomic E-state index is 0.0444. The van der Waals surface area contributed by atoms with Gasteiger partial charge in [0, 0.05) is 18.4 Å². The van der Waals surface area contributed by atoms with Crippen molar-refractivity contribution in [3.63, 3.8) is 0 Å². The van der Waals surface area contributed by atoms with Crippen LogP contribution in [0.15, 0.2) is 30.3 Å². The molecule has 1 amide bonds. The van der Waals surface area contributed by atoms with Crippen molar-refractivity contribution in [1.29, 1.82) is 0 Å². The highest BCUT2D eigenvalue weighted by molar-refractivity contribution is 5.91. The van der Waals surface area contributed by atoms with Crippen molar-refractivity contribution >= 4 is 11.6 Å². The highest BCUT2D eigenvalue weighted by Crippen LogP contribution is 2.36. The van der Waals surface area contributed by atoms with Crippen LogP contribution in [0.5, 0.6) is 0 Å². The first kappa shape index (κ1) is 20.2. The zero-order chi connectivity index (χ0) is 20.5. The predicted octanol–water partition coefficient (Wildman–Crippen LogP) is 4.42. The molecule has 11 heteroatoms. The van der Waals surface area contributed by atoms with Crippen molar-refractivity contribution in [3.8, 4) is 5.69 Å². The van der Waals surface area contributed by atoms with Gasteiger partial charge in [-0.15, -0.1) is 0 Å². The normalized spacial score (nSPS) is 17.7. The Balaban J connectivity index is 1.79. The maximum absolute atomic E-state index is 13.1. The fourth-order valence-corrected chi connectivity index (χ4v) is 2.83. The van der Waals surface area contributed by atoms with E-state index in [-0.39, 0.29) is 34.9 Å². The molecule has 1 unspecified atom stereocenters. The van der Waals surface area contributed by atoms with Crippen molar-refractivity contribution in [2.24, 2.45) is 0 Å². The lowest BCUT2D eigenvalue weighted by atomic mass is 10.1. The van der Waals surface area contributed by atoms with E-state index in [1.165, 1.54) is 12.1 Å². The molecule has 28 heavy (non-hydrogen) atoms. The minimum atomic E-state index is -5.02. The molecule has 0 saturated carbocycles. The first-order valence-electron chi connectivity index (χ1n) is 8.30. The van der Waals surface area contributed by atoms with E-state index >= 15 is 0 Å². The summed E-state index contributed by atoms with van der Waals surface area (Å²) >= 11 is 0. The summed E-state index contributed by atoms with van der Waals surface area (Å²) in [6, 6.07) is 4.82. The maximum Gasteiger partial charge on any atom is 0.435 e. The molecule has 152 valence electrons. The van der Waals surface area contributed by atoms with Crippen LogP contribution < -0.4 is 5.32 Å². The van der Waals surface area contributed by atoms with Gasteiger partial charge in [0.25, 0.3) is 0 Å². The number of benzene rings is 1. The van der Waals surface area contributed by atoms with Crippen LogP contribution in [0.3, 0.4) is 0 Å². The van der Waals surface area contributed by atoms with Crippen molar-refractivity contribution in [1.82, 2.24) is 9.78 Å². The Bertz CT molecular complexity index is 836. The standard InChI is InChI=1S/C17H15F6N3O2/c18-16(19,20)13-9-14(17(21,22)23)26(25-13)11-5-3-10(4-6-11)24-15(27)8-12-2-1-7-28-12/h3-6,9,12H,1-2,7-8H2,(H,24,27). The number of halogens is 6. The number of carbonyl (C=O) groups excluding carboxylic acids is 1. The molecule has 2 aromatic rings. The van der Waals surface area contributed by atoms with E-state index in [1.54, 1.807) is 0 Å². The van der Waals surface area contributed by atoms with Crippen molar-refractivity contribution < 1.29 is 35.9 Å². The number of rotatable bonds is 4. The summed E-state index contributed by atoms with van der Waals surface area (Å²) in [5, 5.41) is 5.62. The molecule has 1 atom stereocenters. The Labute approximate surface area is 155 Å². The summed E-state index contributed by atoms with van der Waals surface area (Å²) < 4.78 is 83.1. The number of anilines is 1. The Kier molecular flexibility index (Phi) is 5.37. The molecule has 1 aromatic carbocycles. The number of amides is 1. The van der Waals surface area contributed by atoms with Crippen LogP contribution in [0, 0.1) is 0 Å². The molecular weight excluding hydrogens is 392 g/mol. The molecule has 0 bridgehead atoms. The molecular formula is C17H15F6N3O2. The van der Waals surface area contributed by atoms with Gasteiger partial charge >= 0.3 is 12.4 Å². The Morgan fingerprint density at radius 3 is 2.36 bits per heavy atom. The fourth-order valence-electron chi connectivity index (χ4n) is 2.83. The van der Waals surface area contributed by atoms with Crippen LogP contribution in [-0.2, 0) is 21.9 Å². The number of nitrogens with zero attached hydrogens (tertiary/aromatic N) is 2. The summed E-state index contributed by atoms with van der Waals surface area (Å²) in [4.78, 5) is 11.9. The first-order chi connectivity index (χ1) is 13.0. The summed E-state index contributed by atoms with van der Waals surface area (Å²) in [7, 11) is 0. The van der Waals surface area contributed by atoms with E-state index in [1.807, 2.05) is 0 Å². The van der Waals surface area contributed by atoms with Gasteiger partial charge in [-0.05, 0) is 37.1 Å². The van der Waals surface area contributed by atoms with E-state index < -0.39 is 23.7 Å². The molecule has 1 aliphatic rings. The third-order valence-corrected chi connectivity index (χ3v) is 4.12. The van der Waals surface area contributed by atoms with Crippen LogP contribution >= 0.6 is 0 Å². The van der Waals surface area contributed by atoms with Gasteiger partial charge in [-0.25, -0.2) is 4.68 Å². The Hall–Kier alpha value is -2.56. The zero-order valence-electron chi connectivity index (χ0n) is 14.3. The summed E-state index contributed by atoms with van der Waals surface area (Å²) in [5.74, 6) is -0.325. The lowest BCUT2D eigenvalue weighted by Crippen LogP contribution is -2.19. The number of nitrogens with one attached hydrogen (secondary N) is 1. The number of carbonyl (C=O) groups is 1. The molecule has 1 aliphatic heterocycles. The number of ether oxygens (including phenoxy) is 1. The monoisotopic (exact) mass is 407 g/mol. The van der Waals surface area contributed by atoms with E-state index in [0.717, 1.165) is 25.0 Å². The summed E-state index contributed by atoms with van der Waals surface area (Å²) in [6.07, 6.45) is -8.41. The highest BCUT2D eigenvalue weighted by atomic mass is 19.4. The zero-order valence-corrected chi connectivity index (χ0v) is 14.3. The second kappa shape index (κ2) is 7.46. The largest absolute Gasteiger partial charge is 0.435 e. The van der Waals surface area contributed by atoms with Gasteiger partial charge in [-0.3, -0.25) is 4.79 Å². The first-order valence-corrected chi connectivity index (χ1v) is 8.30. The molecule has 1 aromatic heterocycles. The van der Waals surface area contributed by atoms with Gasteiger partial charge in [0.1, 0.15) is 5.69 Å². The van der Waals surface area contributed by atoms with Gasteiger partial charge in [0.15, 0.2) is 5.69 Å². The molecule has 3 rings (SSSR count). The highest BCUT2D eigenvalue weighted by Gasteiger charge is 2.42. The third-order valence-electron chi connectivity index (χ3n) is 4.12. The second-order valence-electron chi connectivity index (χ2n) is 6.26. The van der Waals surface area contributed by atoms with Gasteiger partial charge < -0.3 is 10.1 Å². The van der Waals surface area contributed by atoms with Gasteiger partial charge in [0.05, 0.1) is 18.2 Å². The number of aromatic nitrogens is 2. The third kappa shape index (κ3) is 4.64. The maximum atomic E-state index is 13.1. The lowest BCUT2D eigenvalue weighted by molar-refractivity contribution is -0.143. The second-order valence-corrected chi connectivity index (χ2v) is 6.26. The Morgan fingerprint density at radius 1 is 1.14 bits per heavy atom. The molecule has 1 fully saturated rings. The topological polar surface area (TPSA) is 56.1 Å². The molecule has 0 radical (unpaired) electrons. The van der Waals surface area contributed by atoms with Crippen molar-refractivity contribution in [2.75, 3.05) is 11.9 Å². The van der Waals surface area contributed by atoms with Crippen LogP contribution in [0.1, 0.15) is 30.7 Å². The van der Waals surface area contributed by atoms with Crippen LogP contribution in [-0.4, -0.2) is 28.4 Å². The smallest absolute Gasteiger partial charge is 0.378 e. The van der Waals surface area contributed by atoms with Crippen LogP contribution in [0.4, 0.5) is 32.0 Å². The predicted molar refractivity (Wildman–Crippen MR) is 85.8 cm³/mol. The van der Waals surface area contributed by atoms with Crippen molar-refractivity contribution in [3.05, 3.63) is 41.7 Å². The number of alkyl halides is 6. The quantitative estimate of drug-likeness (QED) is 0.764. The van der Waals surface area contributed by atoms with Crippen LogP contribution in [0.25, 0.3) is 5.69 Å².